The molecule has 0 radical (unpaired) electrons. The van der Waals surface area contributed by atoms with Crippen molar-refractivity contribution in [2.24, 2.45) is 12.0 Å². The first-order valence-electron chi connectivity index (χ1n) is 8.29. The maximum atomic E-state index is 5.89. The lowest BCUT2D eigenvalue weighted by Gasteiger charge is -2.16. The van der Waals surface area contributed by atoms with Crippen LogP contribution >= 0.6 is 11.3 Å². The summed E-state index contributed by atoms with van der Waals surface area (Å²) in [5.74, 6) is 0.504. The van der Waals surface area contributed by atoms with Crippen LogP contribution in [0, 0.1) is 0 Å². The predicted molar refractivity (Wildman–Crippen MR) is 96.5 cm³/mol. The monoisotopic (exact) mass is 340 g/mol. The number of benzene rings is 1. The molecule has 0 amide bonds. The van der Waals surface area contributed by atoms with Crippen molar-refractivity contribution in [2.75, 3.05) is 5.73 Å². The average molecular weight is 340 g/mol. The number of anilines is 1. The molecule has 24 heavy (non-hydrogen) atoms. The molecule has 6 nitrogen and oxygen atoms in total. The quantitative estimate of drug-likeness (QED) is 0.777. The molecule has 0 atom stereocenters. The van der Waals surface area contributed by atoms with Gasteiger partial charge in [-0.25, -0.2) is 14.6 Å². The molecule has 1 saturated carbocycles. The largest absolute Gasteiger partial charge is 0.383 e. The summed E-state index contributed by atoms with van der Waals surface area (Å²) in [6.45, 7) is 0. The summed E-state index contributed by atoms with van der Waals surface area (Å²) < 4.78 is 1.88. The topological polar surface area (TPSA) is 82.0 Å². The maximum Gasteiger partial charge on any atom is 0.203 e. The summed E-state index contributed by atoms with van der Waals surface area (Å²) in [5, 5.41) is 6.46. The molecule has 0 spiro atoms. The summed E-state index contributed by atoms with van der Waals surface area (Å²) in [6, 6.07) is 6.43. The number of hydrogen-bond acceptors (Lipinski definition) is 6. The van der Waals surface area contributed by atoms with Crippen LogP contribution in [0.3, 0.4) is 0 Å². The van der Waals surface area contributed by atoms with Crippen molar-refractivity contribution in [1.29, 1.82) is 0 Å². The van der Waals surface area contributed by atoms with Crippen LogP contribution in [0.4, 0.5) is 5.82 Å². The highest BCUT2D eigenvalue weighted by Gasteiger charge is 2.13. The minimum atomic E-state index is 0.447. The van der Waals surface area contributed by atoms with E-state index in [-0.39, 0.29) is 0 Å². The molecular weight excluding hydrogens is 320 g/mol. The minimum absolute atomic E-state index is 0.447. The van der Waals surface area contributed by atoms with E-state index in [1.165, 1.54) is 38.4 Å². The zero-order valence-electron chi connectivity index (χ0n) is 13.6. The molecule has 3 aromatic rings. The van der Waals surface area contributed by atoms with Crippen LogP contribution in [0.5, 0.6) is 0 Å². The van der Waals surface area contributed by atoms with E-state index in [0.717, 1.165) is 26.3 Å². The van der Waals surface area contributed by atoms with Crippen LogP contribution in [0.1, 0.15) is 32.1 Å². The van der Waals surface area contributed by atoms with Gasteiger partial charge in [-0.1, -0.05) is 36.7 Å². The van der Waals surface area contributed by atoms with E-state index in [1.54, 1.807) is 11.3 Å². The maximum absolute atomic E-state index is 5.89. The number of fused-ring (bicyclic) bond motifs is 1. The van der Waals surface area contributed by atoms with Gasteiger partial charge < -0.3 is 5.73 Å². The molecule has 0 unspecified atom stereocenters. The van der Waals surface area contributed by atoms with E-state index in [0.29, 0.717) is 11.9 Å². The third-order valence-electron chi connectivity index (χ3n) is 4.49. The first-order valence-corrected chi connectivity index (χ1v) is 9.11. The van der Waals surface area contributed by atoms with Crippen molar-refractivity contribution in [3.05, 3.63) is 29.3 Å². The Bertz CT molecular complexity index is 936. The number of aromatic nitrogens is 4. The molecule has 0 saturated heterocycles. The normalized spacial score (nSPS) is 16.8. The number of nitrogens with zero attached hydrogens (tertiary/aromatic N) is 5. The lowest BCUT2D eigenvalue weighted by Crippen LogP contribution is -2.18. The summed E-state index contributed by atoms with van der Waals surface area (Å²) >= 11 is 1.63. The number of nitrogen functional groups attached to an aromatic ring is 1. The van der Waals surface area contributed by atoms with E-state index < -0.39 is 0 Å². The van der Waals surface area contributed by atoms with Gasteiger partial charge in [-0.3, -0.25) is 4.99 Å². The van der Waals surface area contributed by atoms with Crippen molar-refractivity contribution in [1.82, 2.24) is 19.7 Å². The Morgan fingerprint density at radius 2 is 2.04 bits per heavy atom. The van der Waals surface area contributed by atoms with Crippen molar-refractivity contribution < 1.29 is 0 Å². The molecule has 1 aliphatic rings. The molecule has 124 valence electrons. The van der Waals surface area contributed by atoms with Gasteiger partial charge in [0.1, 0.15) is 17.2 Å². The molecule has 1 aromatic carbocycles. The molecule has 7 heteroatoms. The zero-order valence-corrected chi connectivity index (χ0v) is 14.5. The Labute approximate surface area is 144 Å². The van der Waals surface area contributed by atoms with Crippen molar-refractivity contribution >= 4 is 28.1 Å². The van der Waals surface area contributed by atoms with Gasteiger partial charge in [0.2, 0.25) is 4.80 Å². The van der Waals surface area contributed by atoms with Gasteiger partial charge >= 0.3 is 0 Å². The van der Waals surface area contributed by atoms with Crippen molar-refractivity contribution in [3.63, 3.8) is 0 Å². The number of aryl methyl sites for hydroxylation is 1. The Balaban J connectivity index is 1.72. The lowest BCUT2D eigenvalue weighted by atomic mass is 9.96. The third kappa shape index (κ3) is 2.91. The van der Waals surface area contributed by atoms with Crippen LogP contribution in [-0.4, -0.2) is 25.8 Å². The molecule has 2 heterocycles. The van der Waals surface area contributed by atoms with Gasteiger partial charge in [0.05, 0.1) is 11.6 Å². The number of hydrogen-bond donors (Lipinski definition) is 1. The smallest absolute Gasteiger partial charge is 0.203 e. The fourth-order valence-electron chi connectivity index (χ4n) is 3.16. The molecule has 0 bridgehead atoms. The Morgan fingerprint density at radius 1 is 1.21 bits per heavy atom. The summed E-state index contributed by atoms with van der Waals surface area (Å²) in [7, 11) is 1.96. The second-order valence-corrected chi connectivity index (χ2v) is 7.18. The molecule has 1 aliphatic carbocycles. The van der Waals surface area contributed by atoms with Crippen LogP contribution in [-0.2, 0) is 7.05 Å². The Morgan fingerprint density at radius 3 is 2.88 bits per heavy atom. The van der Waals surface area contributed by atoms with Crippen LogP contribution in [0.2, 0.25) is 0 Å². The summed E-state index contributed by atoms with van der Waals surface area (Å²) in [5.41, 5.74) is 7.76. The third-order valence-corrected chi connectivity index (χ3v) is 5.55. The minimum Gasteiger partial charge on any atom is -0.383 e. The molecule has 1 fully saturated rings. The van der Waals surface area contributed by atoms with E-state index in [1.807, 2.05) is 29.9 Å². The lowest BCUT2D eigenvalue weighted by molar-refractivity contribution is 0.434. The van der Waals surface area contributed by atoms with Gasteiger partial charge in [0.25, 0.3) is 0 Å². The first-order chi connectivity index (χ1) is 11.7. The van der Waals surface area contributed by atoms with Gasteiger partial charge in [0, 0.05) is 18.0 Å². The summed E-state index contributed by atoms with van der Waals surface area (Å²) in [4.78, 5) is 14.2. The predicted octanol–water partition coefficient (Wildman–Crippen LogP) is 2.91. The highest BCUT2D eigenvalue weighted by molar-refractivity contribution is 7.12. The summed E-state index contributed by atoms with van der Waals surface area (Å²) in [6.07, 6.45) is 7.80. The SMILES string of the molecule is Cn1nc(-c2ccc3c(N)ncnc3c2)s/c1=N/C1CCCCC1. The highest BCUT2D eigenvalue weighted by atomic mass is 32.1. The zero-order chi connectivity index (χ0) is 16.5. The van der Waals surface area contributed by atoms with Crippen molar-refractivity contribution in [2.45, 2.75) is 38.1 Å². The van der Waals surface area contributed by atoms with Crippen LogP contribution in [0.25, 0.3) is 21.5 Å². The first kappa shape index (κ1) is 15.3. The van der Waals surface area contributed by atoms with Crippen LogP contribution < -0.4 is 10.5 Å². The van der Waals surface area contributed by atoms with Crippen LogP contribution in [0.15, 0.2) is 29.5 Å². The highest BCUT2D eigenvalue weighted by Crippen LogP contribution is 2.25. The number of nitrogens with two attached hydrogens (primary N) is 1. The van der Waals surface area contributed by atoms with E-state index in [4.69, 9.17) is 10.7 Å². The molecule has 2 N–H and O–H groups in total. The average Bonchev–Trinajstić information content (AvgIpc) is 2.96. The van der Waals surface area contributed by atoms with Crippen molar-refractivity contribution in [3.8, 4) is 10.6 Å². The molecule has 0 aliphatic heterocycles. The molecule has 2 aromatic heterocycles. The molecule has 4 rings (SSSR count). The van der Waals surface area contributed by atoms with E-state index in [9.17, 15) is 0 Å². The second-order valence-electron chi connectivity index (χ2n) is 6.23. The van der Waals surface area contributed by atoms with E-state index >= 15 is 0 Å². The fraction of sp³-hybridized carbons (Fsp3) is 0.412. The van der Waals surface area contributed by atoms with Gasteiger partial charge in [-0.2, -0.15) is 5.10 Å². The van der Waals surface area contributed by atoms with Gasteiger partial charge in [-0.05, 0) is 25.0 Å². The number of rotatable bonds is 2. The Kier molecular flexibility index (Phi) is 4.02. The van der Waals surface area contributed by atoms with Gasteiger partial charge in [0.15, 0.2) is 0 Å². The van der Waals surface area contributed by atoms with E-state index in [2.05, 4.69) is 15.1 Å². The standard InChI is InChI=1S/C17H20N6S/c1-23-17(21-12-5-3-2-4-6-12)24-16(22-23)11-7-8-13-14(9-11)19-10-20-15(13)18/h7-10,12H,2-6H2,1H3,(H2,18,19,20)/b21-17+. The molecular formula is C17H20N6S. The second kappa shape index (κ2) is 6.32. The Hall–Kier alpha value is -2.28. The van der Waals surface area contributed by atoms with Gasteiger partial charge in [-0.15, -0.1) is 0 Å². The fourth-order valence-corrected chi connectivity index (χ4v) is 4.11.